The second-order valence-electron chi connectivity index (χ2n) is 5.53. The molecule has 21 heavy (non-hydrogen) atoms. The fourth-order valence-electron chi connectivity index (χ4n) is 2.94. The summed E-state index contributed by atoms with van der Waals surface area (Å²) in [6.07, 6.45) is 2.74. The summed E-state index contributed by atoms with van der Waals surface area (Å²) in [6.45, 7) is 1.62. The third-order valence-electron chi connectivity index (χ3n) is 4.10. The third kappa shape index (κ3) is 3.17. The smallest absolute Gasteiger partial charge is 0.242 e. The normalized spacial score (nSPS) is 23.2. The average Bonchev–Trinajstić information content (AvgIpc) is 2.97. The molecule has 1 aromatic carbocycles. The van der Waals surface area contributed by atoms with Gasteiger partial charge in [-0.25, -0.2) is 0 Å². The summed E-state index contributed by atoms with van der Waals surface area (Å²) in [7, 11) is 0. The van der Waals surface area contributed by atoms with Gasteiger partial charge < -0.3 is 15.0 Å². The van der Waals surface area contributed by atoms with Crippen LogP contribution >= 0.6 is 0 Å². The van der Waals surface area contributed by atoms with Crippen LogP contribution in [0.4, 0.5) is 0 Å². The van der Waals surface area contributed by atoms with E-state index in [1.807, 2.05) is 24.3 Å². The lowest BCUT2D eigenvalue weighted by Crippen LogP contribution is -2.46. The quantitative estimate of drug-likeness (QED) is 0.778. The third-order valence-corrected chi connectivity index (χ3v) is 4.10. The number of nitrogens with one attached hydrogen (secondary N) is 1. The first kappa shape index (κ1) is 13.9. The highest BCUT2D eigenvalue weighted by atomic mass is 16.5. The highest BCUT2D eigenvalue weighted by Crippen LogP contribution is 2.19. The van der Waals surface area contributed by atoms with Crippen LogP contribution in [0, 0.1) is 0 Å². The fourth-order valence-corrected chi connectivity index (χ4v) is 2.94. The molecule has 5 heteroatoms. The first-order valence-electron chi connectivity index (χ1n) is 7.53. The first-order valence-corrected chi connectivity index (χ1v) is 7.53. The van der Waals surface area contributed by atoms with Crippen LogP contribution in [0.1, 0.15) is 24.8 Å². The van der Waals surface area contributed by atoms with Crippen molar-refractivity contribution in [2.45, 2.75) is 31.7 Å². The van der Waals surface area contributed by atoms with Gasteiger partial charge in [-0.15, -0.1) is 0 Å². The number of fused-ring (bicyclic) bond motifs is 8. The van der Waals surface area contributed by atoms with E-state index in [0.717, 1.165) is 25.0 Å². The van der Waals surface area contributed by atoms with E-state index in [1.165, 1.54) is 5.56 Å². The van der Waals surface area contributed by atoms with Gasteiger partial charge in [0.1, 0.15) is 11.8 Å². The Morgan fingerprint density at radius 2 is 1.95 bits per heavy atom. The van der Waals surface area contributed by atoms with Crippen LogP contribution in [-0.4, -0.2) is 42.5 Å². The number of ether oxygens (including phenoxy) is 1. The molecule has 0 saturated carbocycles. The van der Waals surface area contributed by atoms with Crippen molar-refractivity contribution in [3.63, 3.8) is 0 Å². The number of nitrogens with zero attached hydrogens (tertiary/aromatic N) is 1. The summed E-state index contributed by atoms with van der Waals surface area (Å²) >= 11 is 0. The standard InChI is InChI=1S/C16H20N2O3/c19-15-8-11-21-13-5-3-12(4-6-13)7-9-17-16(20)14-2-1-10-18(14)15/h3-6,14H,1-2,7-11H2,(H,17,20)/t14-/m0/s1. The predicted octanol–water partition coefficient (Wildman–Crippen LogP) is 1.12. The number of hydrogen-bond donors (Lipinski definition) is 1. The second kappa shape index (κ2) is 6.16. The molecule has 0 radical (unpaired) electrons. The Hall–Kier alpha value is -2.04. The Kier molecular flexibility index (Phi) is 4.08. The number of rotatable bonds is 0. The molecule has 0 aromatic heterocycles. The molecule has 112 valence electrons. The van der Waals surface area contributed by atoms with Crippen molar-refractivity contribution < 1.29 is 14.3 Å². The number of benzene rings is 1. The largest absolute Gasteiger partial charge is 0.493 e. The van der Waals surface area contributed by atoms with E-state index in [2.05, 4.69) is 5.32 Å². The minimum atomic E-state index is -0.304. The van der Waals surface area contributed by atoms with Crippen LogP contribution in [0.5, 0.6) is 5.75 Å². The van der Waals surface area contributed by atoms with E-state index in [9.17, 15) is 9.59 Å². The van der Waals surface area contributed by atoms with Gasteiger partial charge in [0, 0.05) is 13.1 Å². The van der Waals surface area contributed by atoms with E-state index in [-0.39, 0.29) is 17.9 Å². The van der Waals surface area contributed by atoms with Crippen molar-refractivity contribution in [2.75, 3.05) is 19.7 Å². The maximum Gasteiger partial charge on any atom is 0.242 e. The topological polar surface area (TPSA) is 58.6 Å². The lowest BCUT2D eigenvalue weighted by atomic mass is 10.1. The summed E-state index contributed by atoms with van der Waals surface area (Å²) in [4.78, 5) is 26.2. The average molecular weight is 288 g/mol. The number of amides is 2. The Bertz CT molecular complexity index is 480. The van der Waals surface area contributed by atoms with Gasteiger partial charge >= 0.3 is 0 Å². The molecular weight excluding hydrogens is 268 g/mol. The molecule has 0 aliphatic carbocycles. The van der Waals surface area contributed by atoms with Gasteiger partial charge in [-0.05, 0) is 37.0 Å². The van der Waals surface area contributed by atoms with E-state index in [1.54, 1.807) is 4.90 Å². The lowest BCUT2D eigenvalue weighted by Gasteiger charge is -2.24. The Morgan fingerprint density at radius 3 is 2.76 bits per heavy atom. The zero-order valence-electron chi connectivity index (χ0n) is 12.0. The fraction of sp³-hybridized carbons (Fsp3) is 0.500. The highest BCUT2D eigenvalue weighted by Gasteiger charge is 2.33. The summed E-state index contributed by atoms with van der Waals surface area (Å²) in [5.41, 5.74) is 1.17. The Labute approximate surface area is 124 Å². The minimum absolute atomic E-state index is 0.00123. The van der Waals surface area contributed by atoms with Crippen LogP contribution < -0.4 is 10.1 Å². The highest BCUT2D eigenvalue weighted by molar-refractivity contribution is 5.88. The molecule has 0 unspecified atom stereocenters. The van der Waals surface area contributed by atoms with Crippen molar-refractivity contribution in [1.29, 1.82) is 0 Å². The molecule has 0 spiro atoms. The van der Waals surface area contributed by atoms with Gasteiger partial charge in [0.15, 0.2) is 0 Å². The molecule has 1 N–H and O–H groups in total. The summed E-state index contributed by atoms with van der Waals surface area (Å²) in [6, 6.07) is 7.51. The van der Waals surface area contributed by atoms with Gasteiger partial charge in [-0.3, -0.25) is 9.59 Å². The SMILES string of the molecule is O=C1NCCc2ccc(cc2)OCCC(=O)N2CCC[C@@H]12. The van der Waals surface area contributed by atoms with Crippen molar-refractivity contribution in [3.8, 4) is 5.75 Å². The molecular formula is C16H20N2O3. The van der Waals surface area contributed by atoms with E-state index >= 15 is 0 Å². The van der Waals surface area contributed by atoms with Crippen LogP contribution in [0.3, 0.4) is 0 Å². The van der Waals surface area contributed by atoms with Crippen molar-refractivity contribution in [2.24, 2.45) is 0 Å². The zero-order valence-corrected chi connectivity index (χ0v) is 12.0. The molecule has 3 aliphatic heterocycles. The van der Waals surface area contributed by atoms with E-state index in [4.69, 9.17) is 4.74 Å². The Morgan fingerprint density at radius 1 is 1.14 bits per heavy atom. The van der Waals surface area contributed by atoms with Gasteiger partial charge in [-0.1, -0.05) is 12.1 Å². The maximum atomic E-state index is 12.2. The van der Waals surface area contributed by atoms with Gasteiger partial charge in [0.05, 0.1) is 13.0 Å². The molecule has 1 fully saturated rings. The molecule has 2 bridgehead atoms. The lowest BCUT2D eigenvalue weighted by molar-refractivity contribution is -0.138. The minimum Gasteiger partial charge on any atom is -0.493 e. The second-order valence-corrected chi connectivity index (χ2v) is 5.53. The molecule has 4 rings (SSSR count). The van der Waals surface area contributed by atoms with Crippen LogP contribution in [0.2, 0.25) is 0 Å². The number of hydrogen-bond acceptors (Lipinski definition) is 3. The first-order chi connectivity index (χ1) is 10.2. The van der Waals surface area contributed by atoms with Crippen molar-refractivity contribution in [3.05, 3.63) is 29.8 Å². The van der Waals surface area contributed by atoms with E-state index in [0.29, 0.717) is 26.1 Å². The molecule has 5 nitrogen and oxygen atoms in total. The van der Waals surface area contributed by atoms with Gasteiger partial charge in [0.2, 0.25) is 11.8 Å². The van der Waals surface area contributed by atoms with Gasteiger partial charge in [-0.2, -0.15) is 0 Å². The predicted molar refractivity (Wildman–Crippen MR) is 78.0 cm³/mol. The Balaban J connectivity index is 1.76. The van der Waals surface area contributed by atoms with E-state index < -0.39 is 0 Å². The van der Waals surface area contributed by atoms with Crippen LogP contribution in [0.25, 0.3) is 0 Å². The molecule has 1 aromatic rings. The van der Waals surface area contributed by atoms with Crippen LogP contribution in [-0.2, 0) is 16.0 Å². The van der Waals surface area contributed by atoms with Crippen molar-refractivity contribution >= 4 is 11.8 Å². The maximum absolute atomic E-state index is 12.2. The summed E-state index contributed by atoms with van der Waals surface area (Å²) in [5, 5.41) is 2.95. The van der Waals surface area contributed by atoms with Crippen molar-refractivity contribution in [1.82, 2.24) is 10.2 Å². The monoisotopic (exact) mass is 288 g/mol. The number of carbonyl (C=O) groups excluding carboxylic acids is 2. The molecule has 3 aliphatic rings. The molecule has 3 heterocycles. The van der Waals surface area contributed by atoms with Crippen LogP contribution in [0.15, 0.2) is 24.3 Å². The zero-order chi connectivity index (χ0) is 14.7. The number of carbonyl (C=O) groups is 2. The molecule has 1 saturated heterocycles. The van der Waals surface area contributed by atoms with Gasteiger partial charge in [0.25, 0.3) is 0 Å². The molecule has 1 atom stereocenters. The molecule has 2 amide bonds. The summed E-state index contributed by atoms with van der Waals surface area (Å²) in [5.74, 6) is 0.752. The summed E-state index contributed by atoms with van der Waals surface area (Å²) < 4.78 is 5.60.